The lowest BCUT2D eigenvalue weighted by molar-refractivity contribution is 0.315. The Labute approximate surface area is 135 Å². The number of ether oxygens (including phenoxy) is 3. The van der Waals surface area contributed by atoms with Crippen LogP contribution in [0.15, 0.2) is 47.4 Å². The van der Waals surface area contributed by atoms with Gasteiger partial charge in [-0.25, -0.2) is 8.42 Å². The lowest BCUT2D eigenvalue weighted by Crippen LogP contribution is -2.38. The maximum atomic E-state index is 13.1. The van der Waals surface area contributed by atoms with Crippen LogP contribution < -0.4 is 18.5 Å². The topological polar surface area (TPSA) is 65.1 Å². The highest BCUT2D eigenvalue weighted by atomic mass is 32.2. The van der Waals surface area contributed by atoms with Crippen molar-refractivity contribution in [3.63, 3.8) is 0 Å². The van der Waals surface area contributed by atoms with E-state index in [9.17, 15) is 8.42 Å². The van der Waals surface area contributed by atoms with Crippen molar-refractivity contribution in [2.45, 2.75) is 4.90 Å². The molecule has 0 aliphatic carbocycles. The molecule has 3 rings (SSSR count). The summed E-state index contributed by atoms with van der Waals surface area (Å²) in [7, 11) is -0.876. The first-order chi connectivity index (χ1) is 11.1. The van der Waals surface area contributed by atoms with E-state index in [0.29, 0.717) is 23.8 Å². The first kappa shape index (κ1) is 15.5. The smallest absolute Gasteiger partial charge is 0.268 e. The number of para-hydroxylation sites is 2. The molecule has 0 amide bonds. The summed E-state index contributed by atoms with van der Waals surface area (Å²) in [5.74, 6) is 1.27. The maximum absolute atomic E-state index is 13.1. The number of benzene rings is 2. The van der Waals surface area contributed by atoms with Gasteiger partial charge in [-0.1, -0.05) is 12.1 Å². The molecule has 0 saturated heterocycles. The van der Waals surface area contributed by atoms with Gasteiger partial charge in [0.1, 0.15) is 28.8 Å². The van der Waals surface area contributed by atoms with E-state index >= 15 is 0 Å². The molecule has 0 bridgehead atoms. The highest BCUT2D eigenvalue weighted by Gasteiger charge is 2.32. The number of sulfonamides is 1. The third-order valence-corrected chi connectivity index (χ3v) is 5.46. The second-order valence-corrected chi connectivity index (χ2v) is 6.74. The lowest BCUT2D eigenvalue weighted by atomic mass is 10.2. The number of rotatable bonds is 4. The Balaban J connectivity index is 2.13. The van der Waals surface area contributed by atoms with Crippen molar-refractivity contribution in [1.29, 1.82) is 0 Å². The zero-order valence-electron chi connectivity index (χ0n) is 12.9. The highest BCUT2D eigenvalue weighted by molar-refractivity contribution is 7.93. The van der Waals surface area contributed by atoms with E-state index in [1.165, 1.54) is 24.6 Å². The fourth-order valence-electron chi connectivity index (χ4n) is 2.50. The number of hydrogen-bond acceptors (Lipinski definition) is 5. The van der Waals surface area contributed by atoms with Crippen LogP contribution >= 0.6 is 0 Å². The van der Waals surface area contributed by atoms with Gasteiger partial charge in [-0.15, -0.1) is 0 Å². The molecule has 0 atom stereocenters. The summed E-state index contributed by atoms with van der Waals surface area (Å²) < 4.78 is 43.5. The zero-order valence-corrected chi connectivity index (χ0v) is 13.7. The number of methoxy groups -OCH3 is 2. The first-order valence-electron chi connectivity index (χ1n) is 7.04. The Kier molecular flexibility index (Phi) is 4.04. The zero-order chi connectivity index (χ0) is 16.4. The molecule has 122 valence electrons. The van der Waals surface area contributed by atoms with Crippen LogP contribution in [0.3, 0.4) is 0 Å². The van der Waals surface area contributed by atoms with Gasteiger partial charge < -0.3 is 14.2 Å². The first-order valence-corrected chi connectivity index (χ1v) is 8.48. The summed E-state index contributed by atoms with van der Waals surface area (Å²) in [4.78, 5) is 0.0658. The van der Waals surface area contributed by atoms with E-state index in [-0.39, 0.29) is 17.2 Å². The highest BCUT2D eigenvalue weighted by Crippen LogP contribution is 2.38. The Morgan fingerprint density at radius 1 is 1.09 bits per heavy atom. The van der Waals surface area contributed by atoms with Crippen molar-refractivity contribution in [3.8, 4) is 17.2 Å². The largest absolute Gasteiger partial charge is 0.497 e. The molecule has 0 unspecified atom stereocenters. The van der Waals surface area contributed by atoms with Crippen molar-refractivity contribution < 1.29 is 22.6 Å². The second kappa shape index (κ2) is 6.00. The van der Waals surface area contributed by atoms with Gasteiger partial charge in [0.2, 0.25) is 0 Å². The molecule has 0 radical (unpaired) electrons. The van der Waals surface area contributed by atoms with E-state index in [1.54, 1.807) is 36.4 Å². The van der Waals surface area contributed by atoms with Crippen molar-refractivity contribution >= 4 is 15.7 Å². The Hall–Kier alpha value is -2.41. The third kappa shape index (κ3) is 2.68. The van der Waals surface area contributed by atoms with E-state index < -0.39 is 10.0 Å². The number of fused-ring (bicyclic) bond motifs is 1. The van der Waals surface area contributed by atoms with Gasteiger partial charge in [-0.2, -0.15) is 0 Å². The van der Waals surface area contributed by atoms with Crippen LogP contribution in [0.1, 0.15) is 0 Å². The molecule has 0 N–H and O–H groups in total. The van der Waals surface area contributed by atoms with Gasteiger partial charge in [-0.05, 0) is 24.3 Å². The van der Waals surface area contributed by atoms with Crippen LogP contribution in [0.2, 0.25) is 0 Å². The average Bonchev–Trinajstić information content (AvgIpc) is 2.60. The van der Waals surface area contributed by atoms with Crippen molar-refractivity contribution in [3.05, 3.63) is 42.5 Å². The predicted molar refractivity (Wildman–Crippen MR) is 86.0 cm³/mol. The van der Waals surface area contributed by atoms with Gasteiger partial charge in [0.15, 0.2) is 0 Å². The minimum atomic E-state index is -3.80. The predicted octanol–water partition coefficient (Wildman–Crippen LogP) is 2.29. The maximum Gasteiger partial charge on any atom is 0.268 e. The summed E-state index contributed by atoms with van der Waals surface area (Å²) in [6, 6.07) is 11.8. The Morgan fingerprint density at radius 3 is 2.61 bits per heavy atom. The number of anilines is 1. The molecule has 2 aromatic carbocycles. The Morgan fingerprint density at radius 2 is 1.87 bits per heavy atom. The molecule has 7 heteroatoms. The summed E-state index contributed by atoms with van der Waals surface area (Å²) in [5.41, 5.74) is 0.517. The second-order valence-electron chi connectivity index (χ2n) is 4.91. The molecule has 6 nitrogen and oxygen atoms in total. The molecule has 23 heavy (non-hydrogen) atoms. The van der Waals surface area contributed by atoms with Crippen LogP contribution in [-0.2, 0) is 10.0 Å². The Bertz CT molecular complexity index is 819. The van der Waals surface area contributed by atoms with Crippen LogP contribution in [0.4, 0.5) is 5.69 Å². The molecule has 1 aliphatic rings. The summed E-state index contributed by atoms with van der Waals surface area (Å²) in [6.07, 6.45) is 0. The van der Waals surface area contributed by atoms with E-state index in [2.05, 4.69) is 0 Å². The molecular weight excluding hydrogens is 318 g/mol. The molecule has 0 aromatic heterocycles. The molecule has 0 spiro atoms. The van der Waals surface area contributed by atoms with Crippen LogP contribution in [0.5, 0.6) is 17.2 Å². The minimum absolute atomic E-state index is 0.0658. The SMILES string of the molecule is COc1ccc(OC)c(S(=O)(=O)N2CCOc3ccccc32)c1. The van der Waals surface area contributed by atoms with E-state index in [4.69, 9.17) is 14.2 Å². The number of nitrogens with zero attached hydrogens (tertiary/aromatic N) is 1. The summed E-state index contributed by atoms with van der Waals surface area (Å²) in [6.45, 7) is 0.530. The minimum Gasteiger partial charge on any atom is -0.497 e. The van der Waals surface area contributed by atoms with Gasteiger partial charge in [0, 0.05) is 6.07 Å². The van der Waals surface area contributed by atoms with E-state index in [1.807, 2.05) is 0 Å². The van der Waals surface area contributed by atoms with Gasteiger partial charge >= 0.3 is 0 Å². The molecule has 1 heterocycles. The molecule has 2 aromatic rings. The summed E-state index contributed by atoms with van der Waals surface area (Å²) in [5, 5.41) is 0. The fraction of sp³-hybridized carbons (Fsp3) is 0.250. The van der Waals surface area contributed by atoms with Gasteiger partial charge in [0.25, 0.3) is 10.0 Å². The fourth-order valence-corrected chi connectivity index (χ4v) is 4.13. The normalized spacial score (nSPS) is 13.9. The number of hydrogen-bond donors (Lipinski definition) is 0. The molecule has 1 aliphatic heterocycles. The van der Waals surface area contributed by atoms with Crippen molar-refractivity contribution in [2.75, 3.05) is 31.7 Å². The lowest BCUT2D eigenvalue weighted by Gasteiger charge is -2.30. The molecule has 0 saturated carbocycles. The van der Waals surface area contributed by atoms with Crippen LogP contribution in [0.25, 0.3) is 0 Å². The van der Waals surface area contributed by atoms with Crippen LogP contribution in [0, 0.1) is 0 Å². The van der Waals surface area contributed by atoms with Crippen LogP contribution in [-0.4, -0.2) is 35.8 Å². The molecule has 0 fully saturated rings. The standard InChI is InChI=1S/C16H17NO5S/c1-20-12-7-8-15(21-2)16(11-12)23(18,19)17-9-10-22-14-6-4-3-5-13(14)17/h3-8,11H,9-10H2,1-2H3. The van der Waals surface area contributed by atoms with Gasteiger partial charge in [0.05, 0.1) is 26.5 Å². The monoisotopic (exact) mass is 335 g/mol. The third-order valence-electron chi connectivity index (χ3n) is 3.62. The van der Waals surface area contributed by atoms with Crippen molar-refractivity contribution in [2.24, 2.45) is 0 Å². The van der Waals surface area contributed by atoms with E-state index in [0.717, 1.165) is 0 Å². The average molecular weight is 335 g/mol. The van der Waals surface area contributed by atoms with Gasteiger partial charge in [-0.3, -0.25) is 4.31 Å². The summed E-state index contributed by atoms with van der Waals surface area (Å²) >= 11 is 0. The quantitative estimate of drug-likeness (QED) is 0.858. The van der Waals surface area contributed by atoms with Crippen molar-refractivity contribution in [1.82, 2.24) is 0 Å². The molecular formula is C16H17NO5S.